The lowest BCUT2D eigenvalue weighted by atomic mass is 10.3. The first kappa shape index (κ1) is 16.3. The molecule has 0 aromatic heterocycles. The van der Waals surface area contributed by atoms with Crippen molar-refractivity contribution in [2.24, 2.45) is 0 Å². The van der Waals surface area contributed by atoms with Gasteiger partial charge >= 0.3 is 0 Å². The molecular weight excluding hydrogens is 303 g/mol. The van der Waals surface area contributed by atoms with Crippen molar-refractivity contribution in [2.75, 3.05) is 13.2 Å². The van der Waals surface area contributed by atoms with E-state index < -0.39 is 17.6 Å². The molecule has 0 atom stereocenters. The second kappa shape index (κ2) is 8.38. The molecule has 23 heavy (non-hydrogen) atoms. The van der Waals surface area contributed by atoms with E-state index in [-0.39, 0.29) is 19.0 Å². The van der Waals surface area contributed by atoms with Crippen LogP contribution in [0.4, 0.5) is 4.39 Å². The average Bonchev–Trinajstić information content (AvgIpc) is 2.57. The van der Waals surface area contributed by atoms with Crippen molar-refractivity contribution in [2.45, 2.75) is 0 Å². The number of rotatable bonds is 6. The van der Waals surface area contributed by atoms with Gasteiger partial charge < -0.3 is 9.47 Å². The molecule has 0 spiro atoms. The second-order valence-electron chi connectivity index (χ2n) is 4.44. The third-order valence-corrected chi connectivity index (χ3v) is 2.62. The number of amides is 2. The topological polar surface area (TPSA) is 76.7 Å². The quantitative estimate of drug-likeness (QED) is 0.790. The molecule has 2 amide bonds. The van der Waals surface area contributed by atoms with Crippen LogP contribution < -0.4 is 20.3 Å². The van der Waals surface area contributed by atoms with Crippen molar-refractivity contribution < 1.29 is 23.5 Å². The Morgan fingerprint density at radius 2 is 1.39 bits per heavy atom. The number of hydrogen-bond acceptors (Lipinski definition) is 4. The molecule has 6 nitrogen and oxygen atoms in total. The number of hydrazine groups is 1. The molecule has 2 aromatic carbocycles. The van der Waals surface area contributed by atoms with E-state index in [1.165, 1.54) is 18.2 Å². The van der Waals surface area contributed by atoms with Gasteiger partial charge in [0.05, 0.1) is 0 Å². The smallest absolute Gasteiger partial charge is 0.276 e. The zero-order valence-electron chi connectivity index (χ0n) is 12.1. The van der Waals surface area contributed by atoms with Gasteiger partial charge in [0.2, 0.25) is 0 Å². The van der Waals surface area contributed by atoms with Gasteiger partial charge in [0.25, 0.3) is 11.8 Å². The number of carbonyl (C=O) groups excluding carboxylic acids is 2. The molecule has 2 aromatic rings. The molecule has 2 rings (SSSR count). The Balaban J connectivity index is 1.64. The largest absolute Gasteiger partial charge is 0.484 e. The van der Waals surface area contributed by atoms with Crippen LogP contribution in [-0.4, -0.2) is 25.0 Å². The number of ether oxygens (including phenoxy) is 2. The van der Waals surface area contributed by atoms with Crippen molar-refractivity contribution in [1.82, 2.24) is 10.9 Å². The van der Waals surface area contributed by atoms with E-state index in [9.17, 15) is 14.0 Å². The molecule has 0 radical (unpaired) electrons. The van der Waals surface area contributed by atoms with Gasteiger partial charge in [0, 0.05) is 6.07 Å². The zero-order valence-corrected chi connectivity index (χ0v) is 12.1. The SMILES string of the molecule is O=C(COc1ccccc1)NNC(=O)COc1cccc(F)c1. The summed E-state index contributed by atoms with van der Waals surface area (Å²) in [5.41, 5.74) is 4.35. The molecule has 2 N–H and O–H groups in total. The van der Waals surface area contributed by atoms with Crippen LogP contribution in [0.2, 0.25) is 0 Å². The predicted octanol–water partition coefficient (Wildman–Crippen LogP) is 1.43. The van der Waals surface area contributed by atoms with Gasteiger partial charge in [0.1, 0.15) is 17.3 Å². The maximum Gasteiger partial charge on any atom is 0.276 e. The minimum Gasteiger partial charge on any atom is -0.484 e. The molecule has 0 heterocycles. The van der Waals surface area contributed by atoms with Crippen LogP contribution >= 0.6 is 0 Å². The van der Waals surface area contributed by atoms with Gasteiger partial charge in [-0.15, -0.1) is 0 Å². The van der Waals surface area contributed by atoms with Crippen LogP contribution in [0.25, 0.3) is 0 Å². The lowest BCUT2D eigenvalue weighted by molar-refractivity contribution is -0.131. The van der Waals surface area contributed by atoms with Crippen LogP contribution in [0, 0.1) is 5.82 Å². The highest BCUT2D eigenvalue weighted by atomic mass is 19.1. The summed E-state index contributed by atoms with van der Waals surface area (Å²) >= 11 is 0. The monoisotopic (exact) mass is 318 g/mol. The van der Waals surface area contributed by atoms with Crippen LogP contribution in [-0.2, 0) is 9.59 Å². The van der Waals surface area contributed by atoms with E-state index in [1.807, 2.05) is 6.07 Å². The first-order valence-corrected chi connectivity index (χ1v) is 6.77. The Labute approximate surface area is 132 Å². The van der Waals surface area contributed by atoms with Crippen molar-refractivity contribution >= 4 is 11.8 Å². The van der Waals surface area contributed by atoms with Gasteiger partial charge in [0.15, 0.2) is 13.2 Å². The van der Waals surface area contributed by atoms with E-state index in [0.717, 1.165) is 6.07 Å². The second-order valence-corrected chi connectivity index (χ2v) is 4.44. The lowest BCUT2D eigenvalue weighted by Crippen LogP contribution is -2.45. The summed E-state index contributed by atoms with van der Waals surface area (Å²) in [5.74, 6) is -0.799. The first-order chi connectivity index (χ1) is 11.1. The molecule has 0 unspecified atom stereocenters. The minimum absolute atomic E-state index is 0.221. The molecule has 7 heteroatoms. The Morgan fingerprint density at radius 3 is 2.00 bits per heavy atom. The summed E-state index contributed by atoms with van der Waals surface area (Å²) in [4.78, 5) is 23.0. The third kappa shape index (κ3) is 6.04. The molecule has 0 bridgehead atoms. The van der Waals surface area contributed by atoms with E-state index >= 15 is 0 Å². The summed E-state index contributed by atoms with van der Waals surface area (Å²) in [5, 5.41) is 0. The Bertz CT molecular complexity index is 664. The summed E-state index contributed by atoms with van der Waals surface area (Å²) in [6.45, 7) is -0.599. The van der Waals surface area contributed by atoms with Crippen molar-refractivity contribution in [1.29, 1.82) is 0 Å². The fourth-order valence-electron chi connectivity index (χ4n) is 1.58. The highest BCUT2D eigenvalue weighted by Gasteiger charge is 2.06. The maximum absolute atomic E-state index is 12.9. The average molecular weight is 318 g/mol. The minimum atomic E-state index is -0.581. The highest BCUT2D eigenvalue weighted by molar-refractivity contribution is 5.83. The van der Waals surface area contributed by atoms with Crippen molar-refractivity contribution in [3.63, 3.8) is 0 Å². The highest BCUT2D eigenvalue weighted by Crippen LogP contribution is 2.11. The Kier molecular flexibility index (Phi) is 5.93. The lowest BCUT2D eigenvalue weighted by Gasteiger charge is -2.09. The molecule has 0 aliphatic heterocycles. The summed E-state index contributed by atoms with van der Waals surface area (Å²) in [7, 11) is 0. The van der Waals surface area contributed by atoms with Crippen LogP contribution in [0.1, 0.15) is 0 Å². The number of nitrogens with one attached hydrogen (secondary N) is 2. The Hall–Kier alpha value is -3.09. The maximum atomic E-state index is 12.9. The van der Waals surface area contributed by atoms with E-state index in [4.69, 9.17) is 9.47 Å². The molecule has 0 saturated carbocycles. The van der Waals surface area contributed by atoms with Gasteiger partial charge in [-0.2, -0.15) is 0 Å². The number of benzene rings is 2. The summed E-state index contributed by atoms with van der Waals surface area (Å²) < 4.78 is 23.2. The van der Waals surface area contributed by atoms with Crippen molar-refractivity contribution in [3.05, 3.63) is 60.4 Å². The number of carbonyl (C=O) groups is 2. The number of halogens is 1. The number of hydrogen-bond donors (Lipinski definition) is 2. The van der Waals surface area contributed by atoms with Crippen molar-refractivity contribution in [3.8, 4) is 11.5 Å². The zero-order chi connectivity index (χ0) is 16.5. The molecule has 120 valence electrons. The van der Waals surface area contributed by atoms with Crippen LogP contribution in [0.5, 0.6) is 11.5 Å². The fraction of sp³-hybridized carbons (Fsp3) is 0.125. The Morgan fingerprint density at radius 1 is 0.826 bits per heavy atom. The summed E-state index contributed by atoms with van der Waals surface area (Å²) in [6, 6.07) is 14.2. The predicted molar refractivity (Wildman–Crippen MR) is 80.1 cm³/mol. The standard InChI is InChI=1S/C16H15FN2O4/c17-12-5-4-8-14(9-12)23-11-16(21)19-18-15(20)10-22-13-6-2-1-3-7-13/h1-9H,10-11H2,(H,18,20)(H,19,21). The van der Waals surface area contributed by atoms with E-state index in [2.05, 4.69) is 10.9 Å². The molecule has 0 aliphatic rings. The fourth-order valence-corrected chi connectivity index (χ4v) is 1.58. The van der Waals surface area contributed by atoms with Gasteiger partial charge in [-0.3, -0.25) is 20.4 Å². The van der Waals surface area contributed by atoms with E-state index in [1.54, 1.807) is 24.3 Å². The number of para-hydroxylation sites is 1. The van der Waals surface area contributed by atoms with E-state index in [0.29, 0.717) is 5.75 Å². The normalized spacial score (nSPS) is 9.78. The molecule has 0 saturated heterocycles. The molecular formula is C16H15FN2O4. The molecule has 0 fully saturated rings. The summed E-state index contributed by atoms with van der Waals surface area (Å²) in [6.07, 6.45) is 0. The van der Waals surface area contributed by atoms with Gasteiger partial charge in [-0.05, 0) is 24.3 Å². The van der Waals surface area contributed by atoms with Gasteiger partial charge in [-0.1, -0.05) is 24.3 Å². The first-order valence-electron chi connectivity index (χ1n) is 6.77. The van der Waals surface area contributed by atoms with Gasteiger partial charge in [-0.25, -0.2) is 4.39 Å². The van der Waals surface area contributed by atoms with Crippen LogP contribution in [0.3, 0.4) is 0 Å². The third-order valence-electron chi connectivity index (χ3n) is 2.62. The van der Waals surface area contributed by atoms with Crippen LogP contribution in [0.15, 0.2) is 54.6 Å². The molecule has 0 aliphatic carbocycles.